The first-order chi connectivity index (χ1) is 36.0. The first kappa shape index (κ1) is 85.1. The third kappa shape index (κ3) is 40.2. The van der Waals surface area contributed by atoms with Crippen molar-refractivity contribution in [2.24, 2.45) is 11.5 Å². The summed E-state index contributed by atoms with van der Waals surface area (Å²) in [4.78, 5) is 47.5. The van der Waals surface area contributed by atoms with E-state index in [0.717, 1.165) is 29.9 Å². The van der Waals surface area contributed by atoms with Crippen molar-refractivity contribution in [3.05, 3.63) is 159 Å². The molecular formula is C53H70B2BrCl6MgN17O. The van der Waals surface area contributed by atoms with Crippen molar-refractivity contribution in [3.8, 4) is 34.2 Å². The number of ether oxygens (including phenoxy) is 1. The SMILES string of the molecule is C.C.C1CCOC1.CC(C)N.CC(C)Nc1nc(Cl)nc(-c2ccccc2)n1.CN.CNc1nc(NC(C)C)nc(-c2ccccc2)n1.Clc1nc(Cl)nc(-c2ccccc2)n1.Clc1nc(Cl)nc(Cl)n1.[B].[B].[Br-].[Mg+2].[c-]1ccccc1. The van der Waals surface area contributed by atoms with Gasteiger partial charge >= 0.3 is 23.1 Å². The van der Waals surface area contributed by atoms with Crippen LogP contribution in [0.5, 0.6) is 0 Å². The van der Waals surface area contributed by atoms with Gasteiger partial charge in [-0.15, -0.1) is 0 Å². The number of rotatable bonds is 8. The van der Waals surface area contributed by atoms with Gasteiger partial charge in [-0.3, -0.25) is 0 Å². The van der Waals surface area contributed by atoms with Crippen LogP contribution in [0, 0.1) is 6.07 Å². The van der Waals surface area contributed by atoms with Gasteiger partial charge in [0.15, 0.2) is 17.5 Å². The zero-order chi connectivity index (χ0) is 55.4. The van der Waals surface area contributed by atoms with E-state index in [1.165, 1.54) is 19.9 Å². The molecule has 81 heavy (non-hydrogen) atoms. The molecule has 7 N–H and O–H groups in total. The second-order valence-corrected chi connectivity index (χ2v) is 17.5. The number of aromatic nitrogens is 12. The number of nitrogens with two attached hydrogens (primary N) is 2. The summed E-state index contributed by atoms with van der Waals surface area (Å²) in [5.74, 6) is 3.37. The molecule has 0 bridgehead atoms. The summed E-state index contributed by atoms with van der Waals surface area (Å²) in [7, 11) is 3.29. The molecule has 0 spiro atoms. The molecule has 5 heterocycles. The maximum Gasteiger partial charge on any atom is 2.00 e. The van der Waals surface area contributed by atoms with Crippen molar-refractivity contribution < 1.29 is 21.7 Å². The number of hydrogen-bond acceptors (Lipinski definition) is 18. The van der Waals surface area contributed by atoms with Gasteiger partial charge in [-0.25, -0.2) is 0 Å². The van der Waals surface area contributed by atoms with Crippen LogP contribution in [-0.4, -0.2) is 145 Å². The van der Waals surface area contributed by atoms with E-state index in [9.17, 15) is 0 Å². The molecule has 0 unspecified atom stereocenters. The zero-order valence-electron chi connectivity index (χ0n) is 45.0. The van der Waals surface area contributed by atoms with E-state index in [2.05, 4.69) is 87.6 Å². The van der Waals surface area contributed by atoms with Crippen molar-refractivity contribution >= 4 is 127 Å². The van der Waals surface area contributed by atoms with Crippen molar-refractivity contribution in [1.82, 2.24) is 59.8 Å². The number of halogens is 7. The van der Waals surface area contributed by atoms with Crippen LogP contribution in [0.4, 0.5) is 17.8 Å². The molecule has 430 valence electrons. The third-order valence-corrected chi connectivity index (χ3v) is 8.98. The monoisotopic (exact) mass is 1300 g/mol. The van der Waals surface area contributed by atoms with E-state index in [4.69, 9.17) is 80.1 Å². The molecule has 8 aromatic rings. The normalized spacial score (nSPS) is 9.96. The van der Waals surface area contributed by atoms with Crippen LogP contribution in [-0.2, 0) is 4.74 Å². The molecule has 28 heteroatoms. The van der Waals surface area contributed by atoms with Gasteiger partial charge in [-0.05, 0) is 123 Å². The largest absolute Gasteiger partial charge is 2.00 e. The summed E-state index contributed by atoms with van der Waals surface area (Å²) in [6.07, 6.45) is 2.56. The van der Waals surface area contributed by atoms with Gasteiger partial charge in [0.2, 0.25) is 49.5 Å². The van der Waals surface area contributed by atoms with Crippen LogP contribution in [0.1, 0.15) is 69.2 Å². The number of benzene rings is 4. The van der Waals surface area contributed by atoms with Crippen molar-refractivity contribution in [2.45, 2.75) is 87.4 Å². The fraction of sp³-hybridized carbons (Fsp3) is 0.321. The van der Waals surface area contributed by atoms with Gasteiger partial charge in [0, 0.05) is 65.9 Å². The standard InChI is InChI=1S/C13H17N5.C12H13ClN4.C9H5Cl2N3.C6H5.C4H8O.C3Cl3N3.C3H9N.CH5N.2CH4.2B.BrH.Mg/c1-9(2)15-13-17-11(16-12(14-3)18-13)10-7-5-4-6-8-10;1-8(2)14-12-16-10(15-11(13)17-12)9-6-4-3-5-7-9;10-8-12-7(13-9(11)14-8)6-4-2-1-3-5-6;1-2-4-6-5-3-1;1-2-4-5-3-1;4-1-7-2(5)9-3(6)8-1;1-3(2)4;1-2;;;;;;/h4-9H,1-3H3,(H2,14,15,16,17,18);3-8H,1-2H3,(H,14,15,16,17);1-5H;1-5H;1-4H2;;3H,4H2,1-2H3;2H2,1H3;2*1H4;;;1H;/q;;;-1;;;;;;;;;;+2/p-1. The minimum atomic E-state index is 0. The first-order valence-corrected chi connectivity index (χ1v) is 25.4. The number of hydrogen-bond donors (Lipinski definition) is 5. The van der Waals surface area contributed by atoms with E-state index < -0.39 is 0 Å². The summed E-state index contributed by atoms with van der Waals surface area (Å²) < 4.78 is 4.94. The number of anilines is 3. The van der Waals surface area contributed by atoms with E-state index >= 15 is 0 Å². The predicted molar refractivity (Wildman–Crippen MR) is 338 cm³/mol. The minimum Gasteiger partial charge on any atom is -1.00 e. The first-order valence-electron chi connectivity index (χ1n) is 23.2. The molecule has 9 rings (SSSR count). The second-order valence-electron chi connectivity index (χ2n) is 15.5. The fourth-order valence-electron chi connectivity index (χ4n) is 5.11. The molecule has 4 aromatic carbocycles. The molecule has 1 fully saturated rings. The van der Waals surface area contributed by atoms with Gasteiger partial charge in [-0.1, -0.05) is 120 Å². The molecule has 1 aliphatic heterocycles. The summed E-state index contributed by atoms with van der Waals surface area (Å²) in [5.41, 5.74) is 12.4. The van der Waals surface area contributed by atoms with Crippen LogP contribution >= 0.6 is 69.6 Å². The zero-order valence-corrected chi connectivity index (χ0v) is 52.6. The van der Waals surface area contributed by atoms with Crippen LogP contribution in [0.15, 0.2) is 121 Å². The van der Waals surface area contributed by atoms with Crippen molar-refractivity contribution in [2.75, 3.05) is 43.3 Å². The molecule has 0 atom stereocenters. The van der Waals surface area contributed by atoms with E-state index in [1.54, 1.807) is 7.05 Å². The Morgan fingerprint density at radius 3 is 0.988 bits per heavy atom. The van der Waals surface area contributed by atoms with Gasteiger partial charge in [0.1, 0.15) is 0 Å². The minimum absolute atomic E-state index is 0. The van der Waals surface area contributed by atoms with E-state index in [-0.39, 0.29) is 115 Å². The summed E-state index contributed by atoms with van der Waals surface area (Å²) in [6.45, 7) is 14.0. The summed E-state index contributed by atoms with van der Waals surface area (Å²) in [6, 6.07) is 42.3. The van der Waals surface area contributed by atoms with E-state index in [0.29, 0.717) is 41.4 Å². The molecule has 0 aliphatic carbocycles. The Morgan fingerprint density at radius 1 is 0.444 bits per heavy atom. The summed E-state index contributed by atoms with van der Waals surface area (Å²) >= 11 is 33.1. The molecular weight excluding hydrogens is 1230 g/mol. The van der Waals surface area contributed by atoms with Crippen LogP contribution in [0.3, 0.4) is 0 Å². The Balaban J connectivity index is -0.000000286. The maximum absolute atomic E-state index is 5.88. The average Bonchev–Trinajstić information content (AvgIpc) is 3.99. The topological polar surface area (TPSA) is 252 Å². The Bertz CT molecular complexity index is 2660. The molecule has 1 aliphatic rings. The Kier molecular flexibility index (Phi) is 53.6. The molecule has 0 saturated carbocycles. The van der Waals surface area contributed by atoms with Crippen LogP contribution in [0.25, 0.3) is 34.2 Å². The smallest absolute Gasteiger partial charge is 1.00 e. The maximum atomic E-state index is 5.88. The Morgan fingerprint density at radius 2 is 0.716 bits per heavy atom. The quantitative estimate of drug-likeness (QED) is 0.0701. The molecule has 18 nitrogen and oxygen atoms in total. The number of nitrogens with one attached hydrogen (secondary N) is 3. The fourth-order valence-corrected chi connectivity index (χ4v) is 6.25. The van der Waals surface area contributed by atoms with Gasteiger partial charge < -0.3 is 49.1 Å². The van der Waals surface area contributed by atoms with E-state index in [1.807, 2.05) is 163 Å². The molecule has 6 radical (unpaired) electrons. The van der Waals surface area contributed by atoms with Crippen molar-refractivity contribution in [1.29, 1.82) is 0 Å². The van der Waals surface area contributed by atoms with Gasteiger partial charge in [0.05, 0.1) is 0 Å². The molecule has 1 saturated heterocycles. The second kappa shape index (κ2) is 51.0. The van der Waals surface area contributed by atoms with Crippen LogP contribution < -0.4 is 44.4 Å². The van der Waals surface area contributed by atoms with Crippen molar-refractivity contribution in [3.63, 3.8) is 0 Å². The third-order valence-electron chi connectivity index (χ3n) is 7.97. The number of nitrogens with zero attached hydrogens (tertiary/aromatic N) is 12. The van der Waals surface area contributed by atoms with Gasteiger partial charge in [0.25, 0.3) is 0 Å². The molecule has 4 aromatic heterocycles. The molecule has 0 amide bonds. The van der Waals surface area contributed by atoms with Gasteiger partial charge in [-0.2, -0.15) is 96.2 Å². The van der Waals surface area contributed by atoms with Crippen LogP contribution in [0.2, 0.25) is 31.7 Å². The average molecular weight is 1300 g/mol. The Labute approximate surface area is 539 Å². The Hall–Kier alpha value is -4.68. The summed E-state index contributed by atoms with van der Waals surface area (Å²) in [5, 5.41) is 9.64. The predicted octanol–water partition coefficient (Wildman–Crippen LogP) is 9.44.